The van der Waals surface area contributed by atoms with Crippen LogP contribution in [-0.4, -0.2) is 67.8 Å². The number of amides is 2. The number of rotatable bonds is 10. The van der Waals surface area contributed by atoms with Crippen molar-refractivity contribution < 1.29 is 24.2 Å². The van der Waals surface area contributed by atoms with Gasteiger partial charge in [0, 0.05) is 19.0 Å². The molecule has 2 unspecified atom stereocenters. The maximum Gasteiger partial charge on any atom is 0.407 e. The number of hydrogen-bond acceptors (Lipinski definition) is 5. The summed E-state index contributed by atoms with van der Waals surface area (Å²) in [6.07, 6.45) is -0.332. The molecule has 1 aliphatic rings. The van der Waals surface area contributed by atoms with E-state index in [0.29, 0.717) is 6.42 Å². The van der Waals surface area contributed by atoms with Gasteiger partial charge in [0.2, 0.25) is 5.91 Å². The van der Waals surface area contributed by atoms with E-state index in [1.54, 1.807) is 32.8 Å². The van der Waals surface area contributed by atoms with Crippen molar-refractivity contribution in [1.29, 1.82) is 0 Å². The zero-order chi connectivity index (χ0) is 24.9. The van der Waals surface area contributed by atoms with Crippen molar-refractivity contribution in [3.63, 3.8) is 0 Å². The Morgan fingerprint density at radius 1 is 1.06 bits per heavy atom. The Balaban J connectivity index is 1.64. The largest absolute Gasteiger partial charge is 0.481 e. The van der Waals surface area contributed by atoms with Gasteiger partial charge in [-0.15, -0.1) is 0 Å². The van der Waals surface area contributed by atoms with Crippen LogP contribution in [0.3, 0.4) is 0 Å². The van der Waals surface area contributed by atoms with Crippen LogP contribution in [0.1, 0.15) is 37.3 Å². The Morgan fingerprint density at radius 2 is 1.62 bits per heavy atom. The molecule has 0 spiro atoms. The third-order valence-corrected chi connectivity index (χ3v) is 6.45. The Bertz CT molecular complexity index is 1010. The second kappa shape index (κ2) is 10.7. The molecule has 3 N–H and O–H groups in total. The average molecular weight is 468 g/mol. The number of nitrogens with one attached hydrogen (secondary N) is 2. The molecular weight excluding hydrogens is 434 g/mol. The Hall–Kier alpha value is -3.39. The summed E-state index contributed by atoms with van der Waals surface area (Å²) in [5, 5.41) is 14.8. The van der Waals surface area contributed by atoms with Gasteiger partial charge in [0.1, 0.15) is 12.6 Å². The van der Waals surface area contributed by atoms with Crippen LogP contribution in [0.4, 0.5) is 4.79 Å². The lowest BCUT2D eigenvalue weighted by Crippen LogP contribution is -2.53. The first-order valence-corrected chi connectivity index (χ1v) is 11.4. The van der Waals surface area contributed by atoms with Gasteiger partial charge < -0.3 is 25.4 Å². The number of likely N-dealkylation sites (N-methyl/N-ethyl adjacent to an activating group) is 1. The SMILES string of the molecule is CCC(C)(CNC(=O)C(CN(C)C)NC(=O)OCC1c2ccccc2-c2ccccc21)C(=O)O. The van der Waals surface area contributed by atoms with Gasteiger partial charge in [0.25, 0.3) is 0 Å². The third-order valence-electron chi connectivity index (χ3n) is 6.45. The van der Waals surface area contributed by atoms with Crippen LogP contribution in [0, 0.1) is 5.41 Å². The molecule has 2 amide bonds. The fourth-order valence-electron chi connectivity index (χ4n) is 4.10. The van der Waals surface area contributed by atoms with Crippen molar-refractivity contribution >= 4 is 18.0 Å². The smallest absolute Gasteiger partial charge is 0.407 e. The van der Waals surface area contributed by atoms with E-state index in [0.717, 1.165) is 22.3 Å². The molecule has 8 nitrogen and oxygen atoms in total. The van der Waals surface area contributed by atoms with Crippen molar-refractivity contribution in [1.82, 2.24) is 15.5 Å². The fourth-order valence-corrected chi connectivity index (χ4v) is 4.10. The van der Waals surface area contributed by atoms with Gasteiger partial charge >= 0.3 is 12.1 Å². The van der Waals surface area contributed by atoms with E-state index < -0.39 is 29.4 Å². The van der Waals surface area contributed by atoms with Crippen molar-refractivity contribution in [3.05, 3.63) is 59.7 Å². The molecule has 182 valence electrons. The lowest BCUT2D eigenvalue weighted by atomic mass is 9.87. The van der Waals surface area contributed by atoms with Crippen molar-refractivity contribution in [2.45, 2.75) is 32.2 Å². The number of carbonyl (C=O) groups excluding carboxylic acids is 2. The van der Waals surface area contributed by atoms with E-state index in [4.69, 9.17) is 4.74 Å². The minimum Gasteiger partial charge on any atom is -0.481 e. The lowest BCUT2D eigenvalue weighted by molar-refractivity contribution is -0.148. The summed E-state index contributed by atoms with van der Waals surface area (Å²) in [6.45, 7) is 3.69. The number of carbonyl (C=O) groups is 3. The Labute approximate surface area is 200 Å². The molecule has 2 atom stereocenters. The first-order valence-electron chi connectivity index (χ1n) is 11.4. The normalized spacial score (nSPS) is 15.1. The summed E-state index contributed by atoms with van der Waals surface area (Å²) in [5.74, 6) is -1.52. The third kappa shape index (κ3) is 5.56. The number of alkyl carbamates (subject to hydrolysis) is 1. The average Bonchev–Trinajstić information content (AvgIpc) is 3.14. The van der Waals surface area contributed by atoms with E-state index >= 15 is 0 Å². The second-order valence-corrected chi connectivity index (χ2v) is 9.22. The summed E-state index contributed by atoms with van der Waals surface area (Å²) in [6, 6.07) is 15.2. The molecule has 8 heteroatoms. The van der Waals surface area contributed by atoms with E-state index in [9.17, 15) is 19.5 Å². The molecule has 2 aromatic carbocycles. The summed E-state index contributed by atoms with van der Waals surface area (Å²) < 4.78 is 5.56. The molecule has 0 radical (unpaired) electrons. The van der Waals surface area contributed by atoms with Crippen molar-refractivity contribution in [2.75, 3.05) is 33.8 Å². The molecule has 34 heavy (non-hydrogen) atoms. The molecule has 0 fully saturated rings. The highest BCUT2D eigenvalue weighted by Gasteiger charge is 2.33. The monoisotopic (exact) mass is 467 g/mol. The molecular formula is C26H33N3O5. The van der Waals surface area contributed by atoms with E-state index in [1.807, 2.05) is 36.4 Å². The number of aliphatic carboxylic acids is 1. The number of benzene rings is 2. The quantitative estimate of drug-likeness (QED) is 0.496. The molecule has 2 aromatic rings. The van der Waals surface area contributed by atoms with E-state index in [2.05, 4.69) is 22.8 Å². The van der Waals surface area contributed by atoms with Crippen LogP contribution in [0.5, 0.6) is 0 Å². The van der Waals surface area contributed by atoms with Crippen LogP contribution in [-0.2, 0) is 14.3 Å². The standard InChI is InChI=1S/C26H33N3O5/c1-5-26(2,24(31)32)16-27-23(30)22(14-29(3)4)28-25(33)34-15-21-19-12-8-6-10-17(19)18-11-7-9-13-20(18)21/h6-13,21-22H,5,14-16H2,1-4H3,(H,27,30)(H,28,33)(H,31,32). The first kappa shape index (κ1) is 25.2. The zero-order valence-corrected chi connectivity index (χ0v) is 20.1. The summed E-state index contributed by atoms with van der Waals surface area (Å²) >= 11 is 0. The maximum atomic E-state index is 12.8. The van der Waals surface area contributed by atoms with Gasteiger partial charge in [-0.25, -0.2) is 4.79 Å². The molecule has 0 aliphatic heterocycles. The van der Waals surface area contributed by atoms with Crippen LogP contribution < -0.4 is 10.6 Å². The predicted octanol–water partition coefficient (Wildman–Crippen LogP) is 3.07. The highest BCUT2D eigenvalue weighted by Crippen LogP contribution is 2.44. The molecule has 1 aliphatic carbocycles. The fraction of sp³-hybridized carbons (Fsp3) is 0.423. The van der Waals surface area contributed by atoms with Gasteiger partial charge in [-0.2, -0.15) is 0 Å². The highest BCUT2D eigenvalue weighted by molar-refractivity contribution is 5.86. The van der Waals surface area contributed by atoms with Crippen molar-refractivity contribution in [3.8, 4) is 11.1 Å². The van der Waals surface area contributed by atoms with E-state index in [-0.39, 0.29) is 25.6 Å². The van der Waals surface area contributed by atoms with Gasteiger partial charge in [-0.3, -0.25) is 9.59 Å². The summed E-state index contributed by atoms with van der Waals surface area (Å²) in [7, 11) is 3.57. The van der Waals surface area contributed by atoms with Gasteiger partial charge in [0.05, 0.1) is 5.41 Å². The first-order chi connectivity index (χ1) is 16.2. The van der Waals surface area contributed by atoms with Crippen LogP contribution in [0.25, 0.3) is 11.1 Å². The summed E-state index contributed by atoms with van der Waals surface area (Å²) in [4.78, 5) is 38.7. The lowest BCUT2D eigenvalue weighted by Gasteiger charge is -2.26. The molecule has 3 rings (SSSR count). The minimum absolute atomic E-state index is 0.0338. The predicted molar refractivity (Wildman–Crippen MR) is 130 cm³/mol. The topological polar surface area (TPSA) is 108 Å². The molecule has 0 saturated heterocycles. The molecule has 0 heterocycles. The Morgan fingerprint density at radius 3 is 2.12 bits per heavy atom. The molecule has 0 saturated carbocycles. The second-order valence-electron chi connectivity index (χ2n) is 9.22. The Kier molecular flexibility index (Phi) is 7.94. The number of carboxylic acid groups (broad SMARTS) is 1. The van der Waals surface area contributed by atoms with Crippen LogP contribution >= 0.6 is 0 Å². The number of hydrogen-bond donors (Lipinski definition) is 3. The van der Waals surface area contributed by atoms with Gasteiger partial charge in [-0.05, 0) is 49.7 Å². The van der Waals surface area contributed by atoms with Gasteiger partial charge in [-0.1, -0.05) is 55.5 Å². The van der Waals surface area contributed by atoms with Crippen molar-refractivity contribution in [2.24, 2.45) is 5.41 Å². The van der Waals surface area contributed by atoms with Crippen LogP contribution in [0.2, 0.25) is 0 Å². The maximum absolute atomic E-state index is 12.8. The van der Waals surface area contributed by atoms with Crippen LogP contribution in [0.15, 0.2) is 48.5 Å². The summed E-state index contributed by atoms with van der Waals surface area (Å²) in [5.41, 5.74) is 3.39. The highest BCUT2D eigenvalue weighted by atomic mass is 16.5. The molecule has 0 aromatic heterocycles. The van der Waals surface area contributed by atoms with Gasteiger partial charge in [0.15, 0.2) is 0 Å². The minimum atomic E-state index is -1.08. The number of nitrogens with zero attached hydrogens (tertiary/aromatic N) is 1. The number of fused-ring (bicyclic) bond motifs is 3. The zero-order valence-electron chi connectivity index (χ0n) is 20.1. The molecule has 0 bridgehead atoms. The van der Waals surface area contributed by atoms with E-state index in [1.165, 1.54) is 0 Å². The number of carboxylic acids is 1. The number of ether oxygens (including phenoxy) is 1.